The molecular weight excluding hydrogens is 460 g/mol. The van der Waals surface area contributed by atoms with Gasteiger partial charge in [-0.15, -0.1) is 11.3 Å². The van der Waals surface area contributed by atoms with Gasteiger partial charge in [-0.3, -0.25) is 9.52 Å². The highest BCUT2D eigenvalue weighted by molar-refractivity contribution is 7.93. The molecule has 2 aromatic carbocycles. The third-order valence-electron chi connectivity index (χ3n) is 5.51. The SMILES string of the molecule is COc1ccc(N2CCN(C(=O)Cc3csc(NS(=O)(=O)c4ccc(C)cc4)n3)CC2)cc1. The van der Waals surface area contributed by atoms with Gasteiger partial charge in [0.05, 0.1) is 24.1 Å². The molecule has 0 aliphatic carbocycles. The second-order valence-corrected chi connectivity index (χ2v) is 10.3. The van der Waals surface area contributed by atoms with Crippen molar-refractivity contribution in [1.82, 2.24) is 9.88 Å². The van der Waals surface area contributed by atoms with E-state index in [0.29, 0.717) is 18.8 Å². The van der Waals surface area contributed by atoms with E-state index in [4.69, 9.17) is 4.74 Å². The number of nitrogens with one attached hydrogen (secondary N) is 1. The summed E-state index contributed by atoms with van der Waals surface area (Å²) in [6, 6.07) is 14.5. The zero-order valence-corrected chi connectivity index (χ0v) is 20.2. The number of hydrogen-bond acceptors (Lipinski definition) is 7. The van der Waals surface area contributed by atoms with Crippen LogP contribution in [0.2, 0.25) is 0 Å². The zero-order chi connectivity index (χ0) is 23.4. The standard InChI is InChI=1S/C23H26N4O4S2/c1-17-3-9-21(10-4-17)33(29,30)25-23-24-18(16-32-23)15-22(28)27-13-11-26(12-14-27)19-5-7-20(31-2)8-6-19/h3-10,16H,11-15H2,1-2H3,(H,24,25). The van der Waals surface area contributed by atoms with E-state index in [2.05, 4.69) is 14.6 Å². The Hall–Kier alpha value is -3.11. The molecule has 33 heavy (non-hydrogen) atoms. The van der Waals surface area contributed by atoms with Gasteiger partial charge in [0.25, 0.3) is 10.0 Å². The van der Waals surface area contributed by atoms with Crippen LogP contribution in [0.5, 0.6) is 5.75 Å². The van der Waals surface area contributed by atoms with Crippen molar-refractivity contribution < 1.29 is 17.9 Å². The summed E-state index contributed by atoms with van der Waals surface area (Å²) in [4.78, 5) is 21.3. The lowest BCUT2D eigenvalue weighted by atomic mass is 10.2. The maximum atomic E-state index is 12.8. The Morgan fingerprint density at radius 1 is 1.06 bits per heavy atom. The van der Waals surface area contributed by atoms with Crippen LogP contribution in [0.3, 0.4) is 0 Å². The van der Waals surface area contributed by atoms with Gasteiger partial charge in [-0.05, 0) is 43.3 Å². The van der Waals surface area contributed by atoms with Crippen LogP contribution in [-0.4, -0.2) is 57.5 Å². The van der Waals surface area contributed by atoms with Gasteiger partial charge in [-0.1, -0.05) is 17.7 Å². The van der Waals surface area contributed by atoms with E-state index >= 15 is 0 Å². The Bertz CT molecular complexity index is 1200. The molecule has 1 aliphatic rings. The summed E-state index contributed by atoms with van der Waals surface area (Å²) in [5, 5.41) is 1.97. The third kappa shape index (κ3) is 5.63. The highest BCUT2D eigenvalue weighted by atomic mass is 32.2. The van der Waals surface area contributed by atoms with Crippen LogP contribution in [0.4, 0.5) is 10.8 Å². The molecule has 8 nitrogen and oxygen atoms in total. The molecule has 1 N–H and O–H groups in total. The molecule has 1 aromatic heterocycles. The summed E-state index contributed by atoms with van der Waals surface area (Å²) < 4.78 is 32.8. The van der Waals surface area contributed by atoms with E-state index in [1.54, 1.807) is 36.8 Å². The van der Waals surface area contributed by atoms with Crippen molar-refractivity contribution in [3.05, 3.63) is 65.2 Å². The maximum absolute atomic E-state index is 12.8. The van der Waals surface area contributed by atoms with Crippen molar-refractivity contribution in [3.63, 3.8) is 0 Å². The summed E-state index contributed by atoms with van der Waals surface area (Å²) in [6.07, 6.45) is 0.144. The Labute approximate surface area is 197 Å². The van der Waals surface area contributed by atoms with E-state index in [9.17, 15) is 13.2 Å². The monoisotopic (exact) mass is 486 g/mol. The smallest absolute Gasteiger partial charge is 0.263 e. The van der Waals surface area contributed by atoms with Crippen molar-refractivity contribution in [3.8, 4) is 5.75 Å². The maximum Gasteiger partial charge on any atom is 0.263 e. The number of aryl methyl sites for hydroxylation is 1. The number of thiazole rings is 1. The molecule has 0 saturated carbocycles. The molecule has 1 aliphatic heterocycles. The zero-order valence-electron chi connectivity index (χ0n) is 18.5. The first-order valence-corrected chi connectivity index (χ1v) is 12.9. The second kappa shape index (κ2) is 9.80. The minimum absolute atomic E-state index is 0.0115. The van der Waals surface area contributed by atoms with Crippen molar-refractivity contribution in [2.75, 3.05) is 42.9 Å². The van der Waals surface area contributed by atoms with Gasteiger partial charge in [0.1, 0.15) is 5.75 Å². The van der Waals surface area contributed by atoms with Gasteiger partial charge in [0.15, 0.2) is 5.13 Å². The van der Waals surface area contributed by atoms with Crippen molar-refractivity contribution in [2.24, 2.45) is 0 Å². The average Bonchev–Trinajstić information content (AvgIpc) is 3.25. The number of rotatable bonds is 7. The molecule has 0 spiro atoms. The Kier molecular flexibility index (Phi) is 6.85. The molecule has 174 valence electrons. The number of amides is 1. The fraction of sp³-hybridized carbons (Fsp3) is 0.304. The Morgan fingerprint density at radius 2 is 1.73 bits per heavy atom. The second-order valence-electron chi connectivity index (χ2n) is 7.81. The average molecular weight is 487 g/mol. The number of hydrogen-bond donors (Lipinski definition) is 1. The number of nitrogens with zero attached hydrogens (tertiary/aromatic N) is 3. The highest BCUT2D eigenvalue weighted by Gasteiger charge is 2.23. The Morgan fingerprint density at radius 3 is 2.36 bits per heavy atom. The van der Waals surface area contributed by atoms with Crippen molar-refractivity contribution in [1.29, 1.82) is 0 Å². The number of benzene rings is 2. The normalized spacial score (nSPS) is 14.2. The van der Waals surface area contributed by atoms with E-state index in [1.165, 1.54) is 11.3 Å². The number of piperazine rings is 1. The molecule has 0 bridgehead atoms. The van der Waals surface area contributed by atoms with Crippen LogP contribution in [0.1, 0.15) is 11.3 Å². The number of methoxy groups -OCH3 is 1. The first kappa shape index (κ1) is 23.1. The molecule has 1 fully saturated rings. The highest BCUT2D eigenvalue weighted by Crippen LogP contribution is 2.23. The number of ether oxygens (including phenoxy) is 1. The number of aromatic nitrogens is 1. The quantitative estimate of drug-likeness (QED) is 0.552. The van der Waals surface area contributed by atoms with E-state index in [-0.39, 0.29) is 22.4 Å². The fourth-order valence-corrected chi connectivity index (χ4v) is 5.56. The van der Waals surface area contributed by atoms with Gasteiger partial charge < -0.3 is 14.5 Å². The summed E-state index contributed by atoms with van der Waals surface area (Å²) in [5.74, 6) is 0.805. The summed E-state index contributed by atoms with van der Waals surface area (Å²) >= 11 is 1.17. The molecule has 0 atom stereocenters. The minimum atomic E-state index is -3.71. The van der Waals surface area contributed by atoms with Gasteiger partial charge in [0, 0.05) is 37.2 Å². The van der Waals surface area contributed by atoms with Gasteiger partial charge >= 0.3 is 0 Å². The topological polar surface area (TPSA) is 91.8 Å². The van der Waals surface area contributed by atoms with Crippen LogP contribution in [0.25, 0.3) is 0 Å². The molecule has 1 saturated heterocycles. The van der Waals surface area contributed by atoms with Crippen LogP contribution < -0.4 is 14.4 Å². The largest absolute Gasteiger partial charge is 0.497 e. The number of anilines is 2. The molecule has 0 radical (unpaired) electrons. The van der Waals surface area contributed by atoms with Gasteiger partial charge in [0.2, 0.25) is 5.91 Å². The lowest BCUT2D eigenvalue weighted by Crippen LogP contribution is -2.49. The molecule has 3 aromatic rings. The van der Waals surface area contributed by atoms with Crippen LogP contribution in [-0.2, 0) is 21.2 Å². The summed E-state index contributed by atoms with van der Waals surface area (Å²) in [5.41, 5.74) is 2.64. The van der Waals surface area contributed by atoms with Crippen LogP contribution in [0.15, 0.2) is 58.8 Å². The van der Waals surface area contributed by atoms with Crippen LogP contribution in [0, 0.1) is 6.92 Å². The number of carbonyl (C=O) groups excluding carboxylic acids is 1. The lowest BCUT2D eigenvalue weighted by molar-refractivity contribution is -0.130. The van der Waals surface area contributed by atoms with E-state index in [1.807, 2.05) is 36.1 Å². The number of sulfonamides is 1. The molecule has 4 rings (SSSR count). The molecule has 1 amide bonds. The van der Waals surface area contributed by atoms with E-state index in [0.717, 1.165) is 30.1 Å². The minimum Gasteiger partial charge on any atom is -0.497 e. The summed E-state index contributed by atoms with van der Waals surface area (Å²) in [7, 11) is -2.07. The predicted octanol–water partition coefficient (Wildman–Crippen LogP) is 3.15. The molecular formula is C23H26N4O4S2. The first-order valence-electron chi connectivity index (χ1n) is 10.5. The fourth-order valence-electron chi connectivity index (χ4n) is 3.60. The Balaban J connectivity index is 1.31. The van der Waals surface area contributed by atoms with Crippen molar-refractivity contribution in [2.45, 2.75) is 18.2 Å². The van der Waals surface area contributed by atoms with E-state index < -0.39 is 10.0 Å². The summed E-state index contributed by atoms with van der Waals surface area (Å²) in [6.45, 7) is 4.64. The van der Waals surface area contributed by atoms with Gasteiger partial charge in [-0.2, -0.15) is 0 Å². The van der Waals surface area contributed by atoms with Crippen LogP contribution >= 0.6 is 11.3 Å². The third-order valence-corrected chi connectivity index (χ3v) is 7.80. The molecule has 10 heteroatoms. The molecule has 0 unspecified atom stereocenters. The molecule has 2 heterocycles. The first-order chi connectivity index (χ1) is 15.8. The van der Waals surface area contributed by atoms with Crippen molar-refractivity contribution >= 4 is 38.1 Å². The predicted molar refractivity (Wildman–Crippen MR) is 130 cm³/mol. The number of carbonyl (C=O) groups is 1. The van der Waals surface area contributed by atoms with Gasteiger partial charge in [-0.25, -0.2) is 13.4 Å². The lowest BCUT2D eigenvalue weighted by Gasteiger charge is -2.36.